The van der Waals surface area contributed by atoms with Gasteiger partial charge in [0.25, 0.3) is 0 Å². The van der Waals surface area contributed by atoms with E-state index in [9.17, 15) is 9.90 Å². The summed E-state index contributed by atoms with van der Waals surface area (Å²) in [5.41, 5.74) is -0.271. The molecule has 0 saturated heterocycles. The zero-order valence-electron chi connectivity index (χ0n) is 12.0. The van der Waals surface area contributed by atoms with E-state index in [2.05, 4.69) is 5.32 Å². The van der Waals surface area contributed by atoms with Gasteiger partial charge in [0.15, 0.2) is 0 Å². The van der Waals surface area contributed by atoms with Crippen molar-refractivity contribution >= 4 is 35.2 Å². The predicted molar refractivity (Wildman–Crippen MR) is 85.6 cm³/mol. The van der Waals surface area contributed by atoms with Crippen LogP contribution in [0.15, 0.2) is 24.3 Å². The third-order valence-electron chi connectivity index (χ3n) is 2.80. The van der Waals surface area contributed by atoms with E-state index in [1.807, 2.05) is 0 Å². The van der Waals surface area contributed by atoms with E-state index in [1.54, 1.807) is 38.3 Å². The number of aliphatic hydroxyl groups is 1. The zero-order chi connectivity index (χ0) is 15.9. The van der Waals surface area contributed by atoms with Gasteiger partial charge in [0, 0.05) is 42.8 Å². The average molecular weight is 332 g/mol. The van der Waals surface area contributed by atoms with Gasteiger partial charge in [0.05, 0.1) is 5.60 Å². The van der Waals surface area contributed by atoms with Gasteiger partial charge in [-0.3, -0.25) is 4.79 Å². The van der Waals surface area contributed by atoms with Gasteiger partial charge in [-0.15, -0.1) is 0 Å². The second-order valence-electron chi connectivity index (χ2n) is 4.99. The fourth-order valence-corrected chi connectivity index (χ4v) is 2.13. The second kappa shape index (κ2) is 8.39. The molecule has 6 heteroatoms. The fraction of sp³-hybridized carbons (Fsp3) is 0.400. The van der Waals surface area contributed by atoms with Crippen LogP contribution in [0.1, 0.15) is 18.9 Å². The Morgan fingerprint density at radius 1 is 1.38 bits per heavy atom. The van der Waals surface area contributed by atoms with Crippen LogP contribution >= 0.6 is 23.2 Å². The molecule has 1 unspecified atom stereocenters. The molecule has 0 radical (unpaired) electrons. The Kier molecular flexibility index (Phi) is 7.18. The number of halogens is 2. The summed E-state index contributed by atoms with van der Waals surface area (Å²) in [5, 5.41) is 13.6. The van der Waals surface area contributed by atoms with Gasteiger partial charge in [-0.05, 0) is 36.8 Å². The number of amides is 1. The topological polar surface area (TPSA) is 58.6 Å². The van der Waals surface area contributed by atoms with Gasteiger partial charge in [-0.2, -0.15) is 0 Å². The predicted octanol–water partition coefficient (Wildman–Crippen LogP) is 2.91. The Morgan fingerprint density at radius 3 is 2.57 bits per heavy atom. The highest BCUT2D eigenvalue weighted by Crippen LogP contribution is 2.19. The maximum Gasteiger partial charge on any atom is 0.244 e. The minimum Gasteiger partial charge on any atom is -0.388 e. The van der Waals surface area contributed by atoms with E-state index in [0.29, 0.717) is 23.1 Å². The third kappa shape index (κ3) is 7.48. The summed E-state index contributed by atoms with van der Waals surface area (Å²) < 4.78 is 4.90. The van der Waals surface area contributed by atoms with Crippen molar-refractivity contribution in [1.82, 2.24) is 5.32 Å². The number of methoxy groups -OCH3 is 1. The standard InChI is InChI=1S/C15H19Cl2NO3/c1-15(20,5-6-21-2)10-18-14(19)4-3-11-7-12(16)9-13(17)8-11/h3-4,7-9,20H,5-6,10H2,1-2H3,(H,18,19)/b4-3+. The molecule has 21 heavy (non-hydrogen) atoms. The Balaban J connectivity index is 2.51. The highest BCUT2D eigenvalue weighted by Gasteiger charge is 2.20. The number of rotatable bonds is 7. The quantitative estimate of drug-likeness (QED) is 0.755. The summed E-state index contributed by atoms with van der Waals surface area (Å²) in [6.07, 6.45) is 3.42. The minimum atomic E-state index is -1.00. The molecule has 0 aliphatic carbocycles. The highest BCUT2D eigenvalue weighted by molar-refractivity contribution is 6.34. The van der Waals surface area contributed by atoms with Crippen LogP contribution in [0.25, 0.3) is 6.08 Å². The first-order valence-electron chi connectivity index (χ1n) is 6.46. The summed E-state index contributed by atoms with van der Waals surface area (Å²) >= 11 is 11.7. The van der Waals surface area contributed by atoms with Crippen LogP contribution in [0.5, 0.6) is 0 Å². The molecule has 1 aromatic rings. The number of hydrogen-bond acceptors (Lipinski definition) is 3. The van der Waals surface area contributed by atoms with Gasteiger partial charge in [-0.1, -0.05) is 23.2 Å². The number of nitrogens with one attached hydrogen (secondary N) is 1. The molecule has 1 amide bonds. The van der Waals surface area contributed by atoms with Gasteiger partial charge < -0.3 is 15.2 Å². The van der Waals surface area contributed by atoms with Gasteiger partial charge in [-0.25, -0.2) is 0 Å². The average Bonchev–Trinajstić information content (AvgIpc) is 2.40. The first-order chi connectivity index (χ1) is 9.82. The molecule has 2 N–H and O–H groups in total. The molecule has 4 nitrogen and oxygen atoms in total. The van der Waals surface area contributed by atoms with Crippen LogP contribution in [0.2, 0.25) is 10.0 Å². The Hall–Kier alpha value is -1.07. The molecule has 0 fully saturated rings. The molecule has 0 aromatic heterocycles. The van der Waals surface area contributed by atoms with Crippen molar-refractivity contribution in [3.05, 3.63) is 39.9 Å². The summed E-state index contributed by atoms with van der Waals surface area (Å²) in [4.78, 5) is 11.7. The molecule has 1 rings (SSSR count). The lowest BCUT2D eigenvalue weighted by Crippen LogP contribution is -2.40. The summed E-state index contributed by atoms with van der Waals surface area (Å²) in [6, 6.07) is 5.02. The lowest BCUT2D eigenvalue weighted by Gasteiger charge is -2.22. The molecule has 0 heterocycles. The van der Waals surface area contributed by atoms with Crippen LogP contribution < -0.4 is 5.32 Å². The van der Waals surface area contributed by atoms with Crippen LogP contribution in [0.3, 0.4) is 0 Å². The molecule has 1 atom stereocenters. The summed E-state index contributed by atoms with van der Waals surface area (Å²) in [6.45, 7) is 2.22. The Morgan fingerprint density at radius 2 is 2.00 bits per heavy atom. The summed E-state index contributed by atoms with van der Waals surface area (Å²) in [7, 11) is 1.56. The van der Waals surface area contributed by atoms with E-state index in [0.717, 1.165) is 5.56 Å². The molecular formula is C15H19Cl2NO3. The maximum absolute atomic E-state index is 11.7. The van der Waals surface area contributed by atoms with Crippen LogP contribution in [-0.2, 0) is 9.53 Å². The van der Waals surface area contributed by atoms with Crippen molar-refractivity contribution < 1.29 is 14.6 Å². The van der Waals surface area contributed by atoms with Gasteiger partial charge >= 0.3 is 0 Å². The largest absolute Gasteiger partial charge is 0.388 e. The number of benzene rings is 1. The van der Waals surface area contributed by atoms with E-state index < -0.39 is 5.60 Å². The highest BCUT2D eigenvalue weighted by atomic mass is 35.5. The van der Waals surface area contributed by atoms with Crippen LogP contribution in [-0.4, -0.2) is 36.9 Å². The molecule has 116 valence electrons. The molecule has 0 aliphatic rings. The first kappa shape index (κ1) is 18.0. The molecule has 0 spiro atoms. The number of ether oxygens (including phenoxy) is 1. The third-order valence-corrected chi connectivity index (χ3v) is 3.24. The van der Waals surface area contributed by atoms with Crippen molar-refractivity contribution in [3.63, 3.8) is 0 Å². The lowest BCUT2D eigenvalue weighted by atomic mass is 10.0. The summed E-state index contributed by atoms with van der Waals surface area (Å²) in [5.74, 6) is -0.302. The molecule has 0 aliphatic heterocycles. The van der Waals surface area contributed by atoms with Gasteiger partial charge in [0.1, 0.15) is 0 Å². The monoisotopic (exact) mass is 331 g/mol. The molecule has 0 bridgehead atoms. The van der Waals surface area contributed by atoms with Crippen LogP contribution in [0, 0.1) is 0 Å². The van der Waals surface area contributed by atoms with Crippen molar-refractivity contribution in [3.8, 4) is 0 Å². The van der Waals surface area contributed by atoms with E-state index in [-0.39, 0.29) is 12.5 Å². The fourth-order valence-electron chi connectivity index (χ4n) is 1.59. The van der Waals surface area contributed by atoms with Crippen molar-refractivity contribution in [2.75, 3.05) is 20.3 Å². The van der Waals surface area contributed by atoms with Crippen molar-refractivity contribution in [1.29, 1.82) is 0 Å². The van der Waals surface area contributed by atoms with Crippen molar-refractivity contribution in [2.24, 2.45) is 0 Å². The second-order valence-corrected chi connectivity index (χ2v) is 5.87. The maximum atomic E-state index is 11.7. The minimum absolute atomic E-state index is 0.149. The number of hydrogen-bond donors (Lipinski definition) is 2. The molecule has 0 saturated carbocycles. The molecule has 1 aromatic carbocycles. The number of carbonyl (C=O) groups excluding carboxylic acids is 1. The SMILES string of the molecule is COCCC(C)(O)CNC(=O)/C=C/c1cc(Cl)cc(Cl)c1. The van der Waals surface area contributed by atoms with Crippen LogP contribution in [0.4, 0.5) is 0 Å². The van der Waals surface area contributed by atoms with Gasteiger partial charge in [0.2, 0.25) is 5.91 Å². The first-order valence-corrected chi connectivity index (χ1v) is 7.21. The normalized spacial score (nSPS) is 14.1. The zero-order valence-corrected chi connectivity index (χ0v) is 13.5. The lowest BCUT2D eigenvalue weighted by molar-refractivity contribution is -0.117. The van der Waals surface area contributed by atoms with Crippen molar-refractivity contribution in [2.45, 2.75) is 18.9 Å². The van der Waals surface area contributed by atoms with E-state index in [4.69, 9.17) is 27.9 Å². The van der Waals surface area contributed by atoms with E-state index in [1.165, 1.54) is 6.08 Å². The Labute approximate surface area is 134 Å². The van der Waals surface area contributed by atoms with E-state index >= 15 is 0 Å². The molecular weight excluding hydrogens is 313 g/mol. The number of carbonyl (C=O) groups is 1. The Bertz CT molecular complexity index is 495. The smallest absolute Gasteiger partial charge is 0.244 e.